The Morgan fingerprint density at radius 2 is 1.95 bits per heavy atom. The molecule has 0 radical (unpaired) electrons. The molecule has 0 fully saturated rings. The first kappa shape index (κ1) is 15.1. The topological polar surface area (TPSA) is 71.2 Å². The molecular formula is C16H20N2O3. The number of fused-ring (bicyclic) bond motifs is 1. The van der Waals surface area contributed by atoms with Crippen molar-refractivity contribution in [3.05, 3.63) is 36.0 Å². The lowest BCUT2D eigenvalue weighted by Crippen LogP contribution is -2.36. The summed E-state index contributed by atoms with van der Waals surface area (Å²) in [6.45, 7) is 3.76. The minimum atomic E-state index is -0.493. The Morgan fingerprint density at radius 1 is 1.24 bits per heavy atom. The highest BCUT2D eigenvalue weighted by atomic mass is 16.5. The van der Waals surface area contributed by atoms with Gasteiger partial charge in [0, 0.05) is 23.1 Å². The smallest absolute Gasteiger partial charge is 0.340 e. The van der Waals surface area contributed by atoms with Crippen LogP contribution in [-0.2, 0) is 9.53 Å². The third kappa shape index (κ3) is 3.62. The van der Waals surface area contributed by atoms with Gasteiger partial charge in [-0.2, -0.15) is 0 Å². The van der Waals surface area contributed by atoms with Crippen molar-refractivity contribution < 1.29 is 14.3 Å². The molecule has 0 bridgehead atoms. The van der Waals surface area contributed by atoms with Gasteiger partial charge in [0.15, 0.2) is 6.61 Å². The van der Waals surface area contributed by atoms with Crippen LogP contribution in [0, 0.1) is 0 Å². The van der Waals surface area contributed by atoms with Gasteiger partial charge in [-0.15, -0.1) is 0 Å². The lowest BCUT2D eigenvalue weighted by atomic mass is 10.2. The first-order chi connectivity index (χ1) is 10.2. The van der Waals surface area contributed by atoms with Gasteiger partial charge >= 0.3 is 5.97 Å². The van der Waals surface area contributed by atoms with Gasteiger partial charge in [0.05, 0.1) is 5.56 Å². The standard InChI is InChI=1S/C16H20N2O3/c1-3-11(4-2)18-15(19)10-21-16(20)13-9-17-14-8-6-5-7-12(13)14/h5-9,11,17H,3-4,10H2,1-2H3,(H,18,19). The summed E-state index contributed by atoms with van der Waals surface area (Å²) in [5, 5.41) is 3.62. The van der Waals surface area contributed by atoms with E-state index in [0.29, 0.717) is 5.56 Å². The maximum atomic E-state index is 12.0. The first-order valence-corrected chi connectivity index (χ1v) is 7.18. The molecule has 5 nitrogen and oxygen atoms in total. The number of nitrogens with one attached hydrogen (secondary N) is 2. The highest BCUT2D eigenvalue weighted by molar-refractivity contribution is 6.04. The van der Waals surface area contributed by atoms with Gasteiger partial charge in [0.1, 0.15) is 0 Å². The van der Waals surface area contributed by atoms with E-state index < -0.39 is 5.97 Å². The van der Waals surface area contributed by atoms with E-state index in [1.165, 1.54) is 0 Å². The molecule has 1 aromatic heterocycles. The number of hydrogen-bond donors (Lipinski definition) is 2. The van der Waals surface area contributed by atoms with Gasteiger partial charge in [-0.1, -0.05) is 32.0 Å². The van der Waals surface area contributed by atoms with Gasteiger partial charge in [-0.3, -0.25) is 4.79 Å². The average Bonchev–Trinajstić information content (AvgIpc) is 2.94. The van der Waals surface area contributed by atoms with Gasteiger partial charge < -0.3 is 15.0 Å². The number of H-pyrrole nitrogens is 1. The number of ether oxygens (including phenoxy) is 1. The van der Waals surface area contributed by atoms with Gasteiger partial charge in [0.25, 0.3) is 5.91 Å². The fourth-order valence-corrected chi connectivity index (χ4v) is 2.21. The highest BCUT2D eigenvalue weighted by Crippen LogP contribution is 2.18. The van der Waals surface area contributed by atoms with Crippen molar-refractivity contribution in [3.63, 3.8) is 0 Å². The third-order valence-corrected chi connectivity index (χ3v) is 3.49. The normalized spacial score (nSPS) is 10.8. The molecule has 21 heavy (non-hydrogen) atoms. The molecule has 0 aliphatic carbocycles. The van der Waals surface area contributed by atoms with E-state index in [1.54, 1.807) is 6.20 Å². The molecule has 0 atom stereocenters. The van der Waals surface area contributed by atoms with Crippen molar-refractivity contribution in [1.29, 1.82) is 0 Å². The Bertz CT molecular complexity index is 629. The molecule has 2 aromatic rings. The van der Waals surface area contributed by atoms with Crippen LogP contribution in [0.5, 0.6) is 0 Å². The molecule has 0 aliphatic heterocycles. The lowest BCUT2D eigenvalue weighted by Gasteiger charge is -2.14. The van der Waals surface area contributed by atoms with Crippen molar-refractivity contribution in [2.24, 2.45) is 0 Å². The molecule has 1 heterocycles. The quantitative estimate of drug-likeness (QED) is 0.803. The number of carbonyl (C=O) groups is 2. The van der Waals surface area contributed by atoms with Gasteiger partial charge in [-0.25, -0.2) is 4.79 Å². The molecule has 0 unspecified atom stereocenters. The van der Waals surface area contributed by atoms with Crippen LogP contribution in [0.3, 0.4) is 0 Å². The van der Waals surface area contributed by atoms with E-state index in [4.69, 9.17) is 4.74 Å². The maximum Gasteiger partial charge on any atom is 0.340 e. The zero-order chi connectivity index (χ0) is 15.2. The Kier molecular flexibility index (Phi) is 4.98. The molecule has 0 aliphatic rings. The highest BCUT2D eigenvalue weighted by Gasteiger charge is 2.15. The summed E-state index contributed by atoms with van der Waals surface area (Å²) in [7, 11) is 0. The van der Waals surface area contributed by atoms with Crippen LogP contribution >= 0.6 is 0 Å². The number of hydrogen-bond acceptors (Lipinski definition) is 3. The van der Waals surface area contributed by atoms with Crippen LogP contribution < -0.4 is 5.32 Å². The summed E-state index contributed by atoms with van der Waals surface area (Å²) in [5.74, 6) is -0.760. The summed E-state index contributed by atoms with van der Waals surface area (Å²) in [6.07, 6.45) is 3.32. The lowest BCUT2D eigenvalue weighted by molar-refractivity contribution is -0.125. The van der Waals surface area contributed by atoms with Crippen molar-refractivity contribution in [1.82, 2.24) is 10.3 Å². The van der Waals surface area contributed by atoms with Crippen molar-refractivity contribution >= 4 is 22.8 Å². The van der Waals surface area contributed by atoms with E-state index in [1.807, 2.05) is 38.1 Å². The van der Waals surface area contributed by atoms with Crippen molar-refractivity contribution in [3.8, 4) is 0 Å². The number of carbonyl (C=O) groups excluding carboxylic acids is 2. The van der Waals surface area contributed by atoms with Gasteiger partial charge in [-0.05, 0) is 18.9 Å². The number of amides is 1. The minimum absolute atomic E-state index is 0.129. The zero-order valence-electron chi connectivity index (χ0n) is 12.3. The SMILES string of the molecule is CCC(CC)NC(=O)COC(=O)c1c[nH]c2ccccc12. The molecule has 2 rings (SSSR count). The molecule has 5 heteroatoms. The molecule has 2 N–H and O–H groups in total. The third-order valence-electron chi connectivity index (χ3n) is 3.49. The zero-order valence-corrected chi connectivity index (χ0v) is 12.3. The number of para-hydroxylation sites is 1. The predicted octanol–water partition coefficient (Wildman–Crippen LogP) is 2.63. The van der Waals surface area contributed by atoms with Crippen LogP contribution in [0.15, 0.2) is 30.5 Å². The molecule has 1 aromatic carbocycles. The summed E-state index contributed by atoms with van der Waals surface area (Å²) < 4.78 is 5.08. The molecule has 0 saturated carbocycles. The van der Waals surface area contributed by atoms with E-state index in [0.717, 1.165) is 23.7 Å². The molecular weight excluding hydrogens is 268 g/mol. The maximum absolute atomic E-state index is 12.0. The summed E-state index contributed by atoms with van der Waals surface area (Å²) in [4.78, 5) is 26.7. The number of rotatable bonds is 6. The minimum Gasteiger partial charge on any atom is -0.452 e. The monoisotopic (exact) mass is 288 g/mol. The second-order valence-electron chi connectivity index (χ2n) is 4.91. The van der Waals surface area contributed by atoms with Crippen molar-refractivity contribution in [2.75, 3.05) is 6.61 Å². The molecule has 0 saturated heterocycles. The van der Waals surface area contributed by atoms with Crippen LogP contribution in [0.2, 0.25) is 0 Å². The van der Waals surface area contributed by atoms with Crippen molar-refractivity contribution in [2.45, 2.75) is 32.7 Å². The number of esters is 1. The van der Waals surface area contributed by atoms with E-state index >= 15 is 0 Å². The second kappa shape index (κ2) is 6.92. The van der Waals surface area contributed by atoms with E-state index in [9.17, 15) is 9.59 Å². The van der Waals surface area contributed by atoms with Crippen LogP contribution in [-0.4, -0.2) is 29.5 Å². The van der Waals surface area contributed by atoms with Crippen LogP contribution in [0.25, 0.3) is 10.9 Å². The van der Waals surface area contributed by atoms with E-state index in [-0.39, 0.29) is 18.6 Å². The average molecular weight is 288 g/mol. The summed E-state index contributed by atoms with van der Waals surface area (Å²) in [5.41, 5.74) is 1.31. The largest absolute Gasteiger partial charge is 0.452 e. The Balaban J connectivity index is 1.94. The number of aromatic amines is 1. The number of benzene rings is 1. The Labute approximate surface area is 123 Å². The fourth-order valence-electron chi connectivity index (χ4n) is 2.21. The Morgan fingerprint density at radius 3 is 2.67 bits per heavy atom. The Hall–Kier alpha value is -2.30. The number of aromatic nitrogens is 1. The fraction of sp³-hybridized carbons (Fsp3) is 0.375. The molecule has 1 amide bonds. The van der Waals surface area contributed by atoms with Crippen LogP contribution in [0.1, 0.15) is 37.0 Å². The first-order valence-electron chi connectivity index (χ1n) is 7.18. The summed E-state index contributed by atoms with van der Waals surface area (Å²) >= 11 is 0. The van der Waals surface area contributed by atoms with Crippen LogP contribution in [0.4, 0.5) is 0 Å². The predicted molar refractivity (Wildman–Crippen MR) is 81.1 cm³/mol. The molecule has 0 spiro atoms. The molecule has 112 valence electrons. The second-order valence-corrected chi connectivity index (χ2v) is 4.91. The summed E-state index contributed by atoms with van der Waals surface area (Å²) in [6, 6.07) is 7.59. The van der Waals surface area contributed by atoms with Gasteiger partial charge in [0.2, 0.25) is 0 Å². The van der Waals surface area contributed by atoms with E-state index in [2.05, 4.69) is 10.3 Å².